The largest absolute Gasteiger partial charge is 0.473 e. The van der Waals surface area contributed by atoms with Crippen LogP contribution in [0, 0.1) is 6.92 Å². The molecule has 2 fully saturated rings. The monoisotopic (exact) mass is 327 g/mol. The topological polar surface area (TPSA) is 81.6 Å². The number of hydrogen-bond acceptors (Lipinski definition) is 6. The molecule has 122 valence electrons. The fourth-order valence-electron chi connectivity index (χ4n) is 2.95. The fraction of sp³-hybridized carbons (Fsp3) is 0.714. The first-order valence-corrected chi connectivity index (χ1v) is 9.10. The second kappa shape index (κ2) is 5.75. The van der Waals surface area contributed by atoms with Crippen molar-refractivity contribution in [3.8, 4) is 5.88 Å². The average molecular weight is 327 g/mol. The number of nitrogens with zero attached hydrogens (tertiary/aromatic N) is 3. The Balaban J connectivity index is 1.61. The quantitative estimate of drug-likeness (QED) is 0.811. The summed E-state index contributed by atoms with van der Waals surface area (Å²) in [6, 6.07) is 0. The number of aromatic nitrogens is 2. The van der Waals surface area contributed by atoms with E-state index in [4.69, 9.17) is 9.47 Å². The van der Waals surface area contributed by atoms with E-state index in [-0.39, 0.29) is 11.9 Å². The highest BCUT2D eigenvalue weighted by Crippen LogP contribution is 2.36. The van der Waals surface area contributed by atoms with Crippen LogP contribution in [0.2, 0.25) is 0 Å². The van der Waals surface area contributed by atoms with Crippen LogP contribution in [0.3, 0.4) is 0 Å². The van der Waals surface area contributed by atoms with Gasteiger partial charge in [-0.1, -0.05) is 0 Å². The molecular formula is C14H21N3O4S. The minimum absolute atomic E-state index is 0.0173. The first-order valence-electron chi connectivity index (χ1n) is 7.49. The maximum atomic E-state index is 11.8. The second-order valence-electron chi connectivity index (χ2n) is 5.93. The van der Waals surface area contributed by atoms with Gasteiger partial charge < -0.3 is 9.47 Å². The SMILES string of the molecule is CCS(=O)(=O)N1CC2(CC(Oc3cncc(C)n3)CCO2)C1. The zero-order valence-corrected chi connectivity index (χ0v) is 13.7. The zero-order chi connectivity index (χ0) is 15.8. The van der Waals surface area contributed by atoms with E-state index in [1.54, 1.807) is 19.3 Å². The van der Waals surface area contributed by atoms with Gasteiger partial charge in [0.05, 0.1) is 29.9 Å². The number of hydrogen-bond donors (Lipinski definition) is 0. The summed E-state index contributed by atoms with van der Waals surface area (Å²) in [6.07, 6.45) is 4.72. The van der Waals surface area contributed by atoms with Crippen LogP contribution in [0.5, 0.6) is 5.88 Å². The van der Waals surface area contributed by atoms with Gasteiger partial charge in [-0.3, -0.25) is 4.98 Å². The molecule has 0 saturated carbocycles. The van der Waals surface area contributed by atoms with Gasteiger partial charge in [-0.25, -0.2) is 13.4 Å². The second-order valence-corrected chi connectivity index (χ2v) is 8.19. The van der Waals surface area contributed by atoms with E-state index in [0.717, 1.165) is 12.1 Å². The van der Waals surface area contributed by atoms with Gasteiger partial charge in [0.2, 0.25) is 15.9 Å². The summed E-state index contributed by atoms with van der Waals surface area (Å²) < 4.78 is 36.9. The summed E-state index contributed by atoms with van der Waals surface area (Å²) in [4.78, 5) is 8.36. The molecular weight excluding hydrogens is 306 g/mol. The van der Waals surface area contributed by atoms with E-state index in [9.17, 15) is 8.42 Å². The smallest absolute Gasteiger partial charge is 0.232 e. The summed E-state index contributed by atoms with van der Waals surface area (Å²) in [6.45, 7) is 4.93. The van der Waals surface area contributed by atoms with Crippen molar-refractivity contribution in [2.75, 3.05) is 25.4 Å². The Kier molecular flexibility index (Phi) is 4.09. The number of ether oxygens (including phenoxy) is 2. The Morgan fingerprint density at radius 3 is 2.91 bits per heavy atom. The lowest BCUT2D eigenvalue weighted by Crippen LogP contribution is -2.67. The van der Waals surface area contributed by atoms with E-state index in [2.05, 4.69) is 9.97 Å². The summed E-state index contributed by atoms with van der Waals surface area (Å²) in [7, 11) is -3.13. The van der Waals surface area contributed by atoms with Crippen LogP contribution in [0.25, 0.3) is 0 Å². The van der Waals surface area contributed by atoms with Crippen LogP contribution in [0.4, 0.5) is 0 Å². The first kappa shape index (κ1) is 15.6. The molecule has 2 aliphatic heterocycles. The molecule has 22 heavy (non-hydrogen) atoms. The average Bonchev–Trinajstić information content (AvgIpc) is 2.45. The van der Waals surface area contributed by atoms with Crippen molar-refractivity contribution in [3.63, 3.8) is 0 Å². The third-order valence-corrected chi connectivity index (χ3v) is 5.93. The summed E-state index contributed by atoms with van der Waals surface area (Å²) in [5.74, 6) is 0.640. The lowest BCUT2D eigenvalue weighted by molar-refractivity contribution is -0.165. The number of aryl methyl sites for hydroxylation is 1. The van der Waals surface area contributed by atoms with Gasteiger partial charge in [0.1, 0.15) is 6.10 Å². The van der Waals surface area contributed by atoms with Gasteiger partial charge in [-0.15, -0.1) is 0 Å². The number of sulfonamides is 1. The van der Waals surface area contributed by atoms with Crippen molar-refractivity contribution >= 4 is 10.0 Å². The molecule has 0 aliphatic carbocycles. The van der Waals surface area contributed by atoms with Crippen LogP contribution in [-0.2, 0) is 14.8 Å². The number of rotatable bonds is 4. The molecule has 2 aliphatic rings. The Labute approximate surface area is 130 Å². The molecule has 0 radical (unpaired) electrons. The molecule has 8 heteroatoms. The minimum Gasteiger partial charge on any atom is -0.473 e. The van der Waals surface area contributed by atoms with E-state index in [0.29, 0.717) is 32.0 Å². The molecule has 1 spiro atoms. The van der Waals surface area contributed by atoms with Crippen molar-refractivity contribution in [1.82, 2.24) is 14.3 Å². The molecule has 0 bridgehead atoms. The molecule has 1 unspecified atom stereocenters. The normalized spacial score (nSPS) is 24.9. The highest BCUT2D eigenvalue weighted by molar-refractivity contribution is 7.89. The van der Waals surface area contributed by atoms with Gasteiger partial charge in [0.15, 0.2) is 0 Å². The molecule has 3 heterocycles. The lowest BCUT2D eigenvalue weighted by atomic mass is 9.86. The van der Waals surface area contributed by atoms with Gasteiger partial charge in [-0.2, -0.15) is 4.31 Å². The summed E-state index contributed by atoms with van der Waals surface area (Å²) in [5, 5.41) is 0. The minimum atomic E-state index is -3.13. The molecule has 1 aromatic rings. The van der Waals surface area contributed by atoms with Gasteiger partial charge in [0, 0.05) is 32.1 Å². The van der Waals surface area contributed by atoms with Crippen LogP contribution in [0.15, 0.2) is 12.4 Å². The van der Waals surface area contributed by atoms with E-state index in [1.807, 2.05) is 6.92 Å². The Bertz CT molecular complexity index is 643. The Morgan fingerprint density at radius 1 is 1.45 bits per heavy atom. The molecule has 3 rings (SSSR count). The van der Waals surface area contributed by atoms with Crippen molar-refractivity contribution in [2.45, 2.75) is 38.4 Å². The first-order chi connectivity index (χ1) is 10.4. The predicted molar refractivity (Wildman–Crippen MR) is 80.1 cm³/mol. The third-order valence-electron chi connectivity index (χ3n) is 4.16. The summed E-state index contributed by atoms with van der Waals surface area (Å²) in [5.41, 5.74) is 0.408. The van der Waals surface area contributed by atoms with Crippen LogP contribution >= 0.6 is 0 Å². The third kappa shape index (κ3) is 3.09. The molecule has 0 N–H and O–H groups in total. The van der Waals surface area contributed by atoms with E-state index >= 15 is 0 Å². The highest BCUT2D eigenvalue weighted by Gasteiger charge is 2.51. The van der Waals surface area contributed by atoms with Crippen LogP contribution in [0.1, 0.15) is 25.5 Å². The van der Waals surface area contributed by atoms with Crippen molar-refractivity contribution in [3.05, 3.63) is 18.1 Å². The Morgan fingerprint density at radius 2 is 2.23 bits per heavy atom. The molecule has 1 atom stereocenters. The van der Waals surface area contributed by atoms with E-state index in [1.165, 1.54) is 4.31 Å². The van der Waals surface area contributed by atoms with Crippen molar-refractivity contribution in [2.24, 2.45) is 0 Å². The predicted octanol–water partition coefficient (Wildman–Crippen LogP) is 0.747. The lowest BCUT2D eigenvalue weighted by Gasteiger charge is -2.51. The maximum Gasteiger partial charge on any atom is 0.232 e. The fourth-order valence-corrected chi connectivity index (χ4v) is 4.18. The standard InChI is InChI=1S/C14H21N3O4S/c1-3-22(18,19)17-9-14(10-17)6-12(4-5-20-14)21-13-8-15-7-11(2)16-13/h7-8,12H,3-6,9-10H2,1-2H3. The highest BCUT2D eigenvalue weighted by atomic mass is 32.2. The molecule has 7 nitrogen and oxygen atoms in total. The summed E-state index contributed by atoms with van der Waals surface area (Å²) >= 11 is 0. The van der Waals surface area contributed by atoms with Gasteiger partial charge >= 0.3 is 0 Å². The molecule has 1 aromatic heterocycles. The molecule has 2 saturated heterocycles. The maximum absolute atomic E-state index is 11.8. The van der Waals surface area contributed by atoms with Gasteiger partial charge in [0.25, 0.3) is 0 Å². The van der Waals surface area contributed by atoms with Crippen LogP contribution in [-0.4, -0.2) is 59.8 Å². The Hall–Kier alpha value is -1.25. The zero-order valence-electron chi connectivity index (χ0n) is 12.9. The molecule has 0 aromatic carbocycles. The van der Waals surface area contributed by atoms with Gasteiger partial charge in [-0.05, 0) is 13.8 Å². The molecule has 0 amide bonds. The van der Waals surface area contributed by atoms with Crippen molar-refractivity contribution < 1.29 is 17.9 Å². The van der Waals surface area contributed by atoms with Crippen LogP contribution < -0.4 is 4.74 Å². The van der Waals surface area contributed by atoms with Crippen molar-refractivity contribution in [1.29, 1.82) is 0 Å². The van der Waals surface area contributed by atoms with E-state index < -0.39 is 15.6 Å².